The first-order valence-electron chi connectivity index (χ1n) is 10.6. The molecule has 0 saturated heterocycles. The van der Waals surface area contributed by atoms with Crippen LogP contribution in [0, 0.1) is 6.92 Å². The minimum absolute atomic E-state index is 0.102. The molecule has 0 fully saturated rings. The summed E-state index contributed by atoms with van der Waals surface area (Å²) in [5, 5.41) is 12.0. The van der Waals surface area contributed by atoms with Gasteiger partial charge in [-0.15, -0.1) is 10.2 Å². The number of hydrogen-bond acceptors (Lipinski definition) is 6. The number of carbonyl (C=O) groups is 1. The van der Waals surface area contributed by atoms with Gasteiger partial charge in [-0.05, 0) is 42.3 Å². The number of nitrogens with one attached hydrogen (secondary N) is 2. The molecule has 7 nitrogen and oxygen atoms in total. The molecule has 1 amide bonds. The smallest absolute Gasteiger partial charge is 0.240 e. The van der Waals surface area contributed by atoms with E-state index in [2.05, 4.69) is 20.9 Å². The lowest BCUT2D eigenvalue weighted by molar-refractivity contribution is -0.116. The Balaban J connectivity index is 1.51. The fourth-order valence-electron chi connectivity index (χ4n) is 3.83. The molecule has 2 N–H and O–H groups in total. The minimum atomic E-state index is -0.459. The van der Waals surface area contributed by atoms with Crippen molar-refractivity contribution < 1.29 is 9.53 Å². The molecule has 2 atom stereocenters. The highest BCUT2D eigenvalue weighted by atomic mass is 32.2. The van der Waals surface area contributed by atoms with Crippen molar-refractivity contribution in [3.05, 3.63) is 90.0 Å². The second-order valence-corrected chi connectivity index (χ2v) is 8.89. The first-order valence-corrected chi connectivity index (χ1v) is 11.5. The number of carbonyl (C=O) groups excluding carboxylic acids is 1. The van der Waals surface area contributed by atoms with Crippen LogP contribution < -0.4 is 15.5 Å². The molecule has 4 aromatic rings. The van der Waals surface area contributed by atoms with E-state index in [0.29, 0.717) is 11.0 Å². The van der Waals surface area contributed by atoms with E-state index >= 15 is 0 Å². The molecule has 0 radical (unpaired) electrons. The lowest BCUT2D eigenvalue weighted by atomic mass is 10.0. The molecule has 1 aliphatic heterocycles. The zero-order valence-electron chi connectivity index (χ0n) is 18.2. The number of thioether (sulfide) groups is 1. The number of nitrogens with zero attached hydrogens (tertiary/aromatic N) is 3. The maximum absolute atomic E-state index is 13.4. The van der Waals surface area contributed by atoms with E-state index in [4.69, 9.17) is 4.74 Å². The average Bonchev–Trinajstić information content (AvgIpc) is 3.27. The number of fused-ring (bicyclic) bond motifs is 1. The van der Waals surface area contributed by atoms with Gasteiger partial charge in [0, 0.05) is 11.3 Å². The number of ether oxygens (including phenoxy) is 1. The summed E-state index contributed by atoms with van der Waals surface area (Å²) >= 11 is 1.40. The Labute approximate surface area is 196 Å². The van der Waals surface area contributed by atoms with Gasteiger partial charge in [0.1, 0.15) is 11.0 Å². The van der Waals surface area contributed by atoms with Crippen LogP contribution in [0.2, 0.25) is 0 Å². The summed E-state index contributed by atoms with van der Waals surface area (Å²) in [6.45, 7) is 2.00. The Bertz CT molecular complexity index is 1270. The highest BCUT2D eigenvalue weighted by Gasteiger charge is 2.38. The highest BCUT2D eigenvalue weighted by Crippen LogP contribution is 2.39. The average molecular weight is 458 g/mol. The van der Waals surface area contributed by atoms with Gasteiger partial charge in [0.2, 0.25) is 11.1 Å². The van der Waals surface area contributed by atoms with Crippen molar-refractivity contribution in [2.24, 2.45) is 0 Å². The largest absolute Gasteiger partial charge is 0.497 e. The van der Waals surface area contributed by atoms with E-state index in [9.17, 15) is 4.79 Å². The van der Waals surface area contributed by atoms with Crippen molar-refractivity contribution in [3.8, 4) is 17.1 Å². The number of aryl methyl sites for hydroxylation is 1. The first-order chi connectivity index (χ1) is 16.1. The topological polar surface area (TPSA) is 81.1 Å². The van der Waals surface area contributed by atoms with E-state index in [-0.39, 0.29) is 11.9 Å². The fraction of sp³-hybridized carbons (Fsp3) is 0.160. The van der Waals surface area contributed by atoms with E-state index in [1.54, 1.807) is 7.11 Å². The molecule has 2 heterocycles. The molecule has 1 aliphatic rings. The fourth-order valence-corrected chi connectivity index (χ4v) is 4.91. The van der Waals surface area contributed by atoms with Gasteiger partial charge in [-0.3, -0.25) is 4.79 Å². The van der Waals surface area contributed by atoms with E-state index in [1.165, 1.54) is 11.8 Å². The Kier molecular flexibility index (Phi) is 5.75. The van der Waals surface area contributed by atoms with Gasteiger partial charge in [-0.1, -0.05) is 66.4 Å². The zero-order chi connectivity index (χ0) is 22.8. The molecule has 0 aliphatic carbocycles. The van der Waals surface area contributed by atoms with Crippen LogP contribution in [-0.2, 0) is 4.79 Å². The highest BCUT2D eigenvalue weighted by molar-refractivity contribution is 8.00. The maximum Gasteiger partial charge on any atom is 0.240 e. The van der Waals surface area contributed by atoms with Gasteiger partial charge >= 0.3 is 0 Å². The van der Waals surface area contributed by atoms with Gasteiger partial charge in [-0.2, -0.15) is 0 Å². The third kappa shape index (κ3) is 4.29. The maximum atomic E-state index is 13.4. The number of hydrogen-bond donors (Lipinski definition) is 2. The van der Waals surface area contributed by atoms with Crippen molar-refractivity contribution in [2.75, 3.05) is 17.9 Å². The molecule has 0 saturated carbocycles. The van der Waals surface area contributed by atoms with E-state index in [0.717, 1.165) is 28.1 Å². The predicted molar refractivity (Wildman–Crippen MR) is 130 cm³/mol. The van der Waals surface area contributed by atoms with Crippen LogP contribution in [0.5, 0.6) is 5.75 Å². The Hall–Kier alpha value is -3.78. The molecule has 33 heavy (non-hydrogen) atoms. The third-order valence-electron chi connectivity index (χ3n) is 5.49. The lowest BCUT2D eigenvalue weighted by Gasteiger charge is -2.33. The quantitative estimate of drug-likeness (QED) is 0.454. The first kappa shape index (κ1) is 21.1. The Morgan fingerprint density at radius 2 is 1.82 bits per heavy atom. The molecule has 0 bridgehead atoms. The van der Waals surface area contributed by atoms with Crippen LogP contribution in [0.3, 0.4) is 0 Å². The zero-order valence-corrected chi connectivity index (χ0v) is 19.0. The third-order valence-corrected chi connectivity index (χ3v) is 6.70. The lowest BCUT2D eigenvalue weighted by Crippen LogP contribution is -2.41. The van der Waals surface area contributed by atoms with Gasteiger partial charge in [-0.25, -0.2) is 4.68 Å². The minimum Gasteiger partial charge on any atom is -0.497 e. The van der Waals surface area contributed by atoms with E-state index in [1.807, 2.05) is 90.5 Å². The molecule has 8 heteroatoms. The molecular formula is C25H23N5O2S. The molecule has 3 aromatic carbocycles. The monoisotopic (exact) mass is 457 g/mol. The van der Waals surface area contributed by atoms with Gasteiger partial charge < -0.3 is 15.5 Å². The molecule has 5 rings (SSSR count). The number of methoxy groups -OCH3 is 1. The predicted octanol–water partition coefficient (Wildman–Crippen LogP) is 4.66. The van der Waals surface area contributed by atoms with Crippen molar-refractivity contribution in [1.29, 1.82) is 0 Å². The summed E-state index contributed by atoms with van der Waals surface area (Å²) in [4.78, 5) is 13.4. The normalized spacial score (nSPS) is 17.0. The molecule has 0 unspecified atom stereocenters. The van der Waals surface area contributed by atoms with Crippen LogP contribution in [0.4, 0.5) is 5.69 Å². The van der Waals surface area contributed by atoms with Gasteiger partial charge in [0.25, 0.3) is 0 Å². The summed E-state index contributed by atoms with van der Waals surface area (Å²) in [5.74, 6) is 1.36. The van der Waals surface area contributed by atoms with Gasteiger partial charge in [0.05, 0.1) is 13.2 Å². The Morgan fingerprint density at radius 1 is 1.03 bits per heavy atom. The summed E-state index contributed by atoms with van der Waals surface area (Å²) < 4.78 is 7.18. The summed E-state index contributed by atoms with van der Waals surface area (Å²) in [7, 11) is 1.64. The standard InChI is InChI=1S/C25H23N5O2S/c1-16-7-6-10-19(15-16)26-24(31)22-21(17-11-13-20(32-2)14-12-17)29-30-23(27-28-25(30)33-22)18-8-4-3-5-9-18/h3-15,21-22,29H,1-2H3,(H,26,31)/t21-,22+/m0/s1. The van der Waals surface area contributed by atoms with Crippen LogP contribution in [-0.4, -0.2) is 33.1 Å². The van der Waals surface area contributed by atoms with Gasteiger partial charge in [0.15, 0.2) is 5.82 Å². The van der Waals surface area contributed by atoms with Crippen molar-refractivity contribution in [2.45, 2.75) is 23.4 Å². The second-order valence-electron chi connectivity index (χ2n) is 7.78. The molecule has 1 aromatic heterocycles. The van der Waals surface area contributed by atoms with Crippen LogP contribution in [0.1, 0.15) is 17.2 Å². The second kappa shape index (κ2) is 8.99. The Morgan fingerprint density at radius 3 is 2.55 bits per heavy atom. The molecule has 0 spiro atoms. The number of rotatable bonds is 5. The summed E-state index contributed by atoms with van der Waals surface area (Å²) in [6.07, 6.45) is 0. The van der Waals surface area contributed by atoms with Crippen molar-refractivity contribution in [1.82, 2.24) is 14.9 Å². The summed E-state index contributed by atoms with van der Waals surface area (Å²) in [6, 6.07) is 25.1. The van der Waals surface area contributed by atoms with Crippen molar-refractivity contribution in [3.63, 3.8) is 0 Å². The number of anilines is 1. The van der Waals surface area contributed by atoms with Crippen LogP contribution >= 0.6 is 11.8 Å². The van der Waals surface area contributed by atoms with Crippen LogP contribution in [0.15, 0.2) is 84.0 Å². The molecule has 166 valence electrons. The SMILES string of the molecule is COc1ccc([C@@H]2Nn3c(nnc3-c3ccccc3)S[C@H]2C(=O)Nc2cccc(C)c2)cc1. The molecular weight excluding hydrogens is 434 g/mol. The van der Waals surface area contributed by atoms with Crippen molar-refractivity contribution >= 4 is 23.4 Å². The van der Waals surface area contributed by atoms with E-state index < -0.39 is 5.25 Å². The summed E-state index contributed by atoms with van der Waals surface area (Å²) in [5.41, 5.74) is 7.26. The number of amides is 1. The number of benzene rings is 3. The number of aromatic nitrogens is 3. The van der Waals surface area contributed by atoms with Crippen LogP contribution in [0.25, 0.3) is 11.4 Å².